The summed E-state index contributed by atoms with van der Waals surface area (Å²) in [5.41, 5.74) is -1.80. The number of benzene rings is 1. The summed E-state index contributed by atoms with van der Waals surface area (Å²) in [4.78, 5) is 30.9. The topological polar surface area (TPSA) is 86.3 Å². The molecule has 0 atom stereocenters. The number of fused-ring (bicyclic) bond motifs is 1. The van der Waals surface area contributed by atoms with Crippen molar-refractivity contribution in [2.24, 2.45) is 0 Å². The minimum Gasteiger partial charge on any atom is -0.465 e. The number of nitrogens with one attached hydrogen (secondary N) is 1. The number of hydrogen-bond donors (Lipinski definition) is 2. The first kappa shape index (κ1) is 15.0. The first-order chi connectivity index (χ1) is 10.4. The van der Waals surface area contributed by atoms with Gasteiger partial charge < -0.3 is 15.0 Å². The molecule has 1 aromatic carbocycles. The van der Waals surface area contributed by atoms with Gasteiger partial charge in [0.2, 0.25) is 0 Å². The van der Waals surface area contributed by atoms with E-state index in [9.17, 15) is 9.59 Å². The number of aromatic nitrogens is 2. The number of carbonyl (C=O) groups is 1. The molecular weight excluding hydrogens is 357 g/mol. The Kier molecular flexibility index (Phi) is 3.64. The molecule has 0 radical (unpaired) electrons. The van der Waals surface area contributed by atoms with Gasteiger partial charge >= 0.3 is 6.09 Å². The molecule has 0 unspecified atom stereocenters. The number of amides is 1. The van der Waals surface area contributed by atoms with Gasteiger partial charge in [0, 0.05) is 30.4 Å². The van der Waals surface area contributed by atoms with Crippen LogP contribution in [0.2, 0.25) is 0 Å². The number of nitrogens with zero attached hydrogens (tertiary/aromatic N) is 2. The third-order valence-corrected chi connectivity index (χ3v) is 4.41. The molecule has 6 nitrogen and oxygen atoms in total. The number of halogens is 2. The summed E-state index contributed by atoms with van der Waals surface area (Å²) in [5.74, 6) is -0.0302. The average molecular weight is 370 g/mol. The summed E-state index contributed by atoms with van der Waals surface area (Å²) >= 11 is 3.28. The minimum absolute atomic E-state index is 0.0235. The molecule has 0 saturated carbocycles. The highest BCUT2D eigenvalue weighted by atomic mass is 79.9. The number of piperidine rings is 1. The third kappa shape index (κ3) is 2.58. The van der Waals surface area contributed by atoms with Crippen LogP contribution in [0, 0.1) is 0 Å². The largest absolute Gasteiger partial charge is 0.465 e. The monoisotopic (exact) mass is 369 g/mol. The molecule has 0 aliphatic carbocycles. The third-order valence-electron chi connectivity index (χ3n) is 3.92. The smallest absolute Gasteiger partial charge is 0.407 e. The zero-order valence-electron chi connectivity index (χ0n) is 11.5. The minimum atomic E-state index is -1.81. The molecule has 1 aliphatic rings. The average Bonchev–Trinajstić information content (AvgIpc) is 2.48. The number of rotatable bonds is 1. The van der Waals surface area contributed by atoms with Gasteiger partial charge in [-0.2, -0.15) is 0 Å². The summed E-state index contributed by atoms with van der Waals surface area (Å²) < 4.78 is 15.8. The van der Waals surface area contributed by atoms with Crippen LogP contribution in [0.1, 0.15) is 18.7 Å². The number of carboxylic acid groups (broad SMARTS) is 1. The fourth-order valence-electron chi connectivity index (χ4n) is 2.61. The van der Waals surface area contributed by atoms with Crippen molar-refractivity contribution in [2.75, 3.05) is 13.1 Å². The molecule has 2 N–H and O–H groups in total. The zero-order valence-corrected chi connectivity index (χ0v) is 13.1. The van der Waals surface area contributed by atoms with Crippen molar-refractivity contribution in [2.45, 2.75) is 18.5 Å². The van der Waals surface area contributed by atoms with Crippen molar-refractivity contribution < 1.29 is 14.3 Å². The van der Waals surface area contributed by atoms with E-state index >= 15 is 4.39 Å². The normalized spacial score (nSPS) is 17.6. The van der Waals surface area contributed by atoms with Gasteiger partial charge in [-0.05, 0) is 18.2 Å². The number of aromatic amines is 1. The summed E-state index contributed by atoms with van der Waals surface area (Å²) in [6, 6.07) is 5.01. The van der Waals surface area contributed by atoms with Crippen molar-refractivity contribution in [3.63, 3.8) is 0 Å². The molecule has 0 spiro atoms. The Balaban J connectivity index is 1.98. The highest BCUT2D eigenvalue weighted by Crippen LogP contribution is 2.35. The fourth-order valence-corrected chi connectivity index (χ4v) is 2.97. The lowest BCUT2D eigenvalue weighted by Crippen LogP contribution is -2.43. The van der Waals surface area contributed by atoms with Crippen LogP contribution in [0.4, 0.5) is 9.18 Å². The van der Waals surface area contributed by atoms with Gasteiger partial charge in [-0.25, -0.2) is 14.2 Å². The van der Waals surface area contributed by atoms with Gasteiger partial charge in [0.05, 0.1) is 10.9 Å². The summed E-state index contributed by atoms with van der Waals surface area (Å²) in [6.45, 7) is 0.155. The van der Waals surface area contributed by atoms with E-state index in [2.05, 4.69) is 25.9 Å². The quantitative estimate of drug-likeness (QED) is 0.808. The predicted molar refractivity (Wildman–Crippen MR) is 81.7 cm³/mol. The van der Waals surface area contributed by atoms with Crippen LogP contribution in [-0.2, 0) is 5.67 Å². The van der Waals surface area contributed by atoms with E-state index in [1.54, 1.807) is 18.2 Å². The number of hydrogen-bond acceptors (Lipinski definition) is 3. The van der Waals surface area contributed by atoms with Crippen LogP contribution in [-0.4, -0.2) is 39.2 Å². The second kappa shape index (κ2) is 5.35. The second-order valence-electron chi connectivity index (χ2n) is 5.31. The summed E-state index contributed by atoms with van der Waals surface area (Å²) in [6.07, 6.45) is -1.11. The Hall–Kier alpha value is -1.96. The standard InChI is InChI=1S/C14H13BrFN3O3/c15-8-1-2-10-9(7-8)11(20)18-12(17-10)14(16)3-5-19(6-4-14)13(21)22/h1-2,7H,3-6H2,(H,21,22)(H,17,18,20). The Bertz CT molecular complexity index is 800. The molecule has 0 bridgehead atoms. The van der Waals surface area contributed by atoms with Crippen LogP contribution >= 0.6 is 15.9 Å². The Morgan fingerprint density at radius 3 is 2.73 bits per heavy atom. The predicted octanol–water partition coefficient (Wildman–Crippen LogP) is 2.62. The highest BCUT2D eigenvalue weighted by Gasteiger charge is 2.40. The molecular formula is C14H13BrFN3O3. The van der Waals surface area contributed by atoms with E-state index < -0.39 is 17.3 Å². The second-order valence-corrected chi connectivity index (χ2v) is 6.23. The van der Waals surface area contributed by atoms with Gasteiger partial charge in [0.1, 0.15) is 5.82 Å². The Morgan fingerprint density at radius 1 is 1.41 bits per heavy atom. The van der Waals surface area contributed by atoms with Crippen LogP contribution in [0.15, 0.2) is 27.5 Å². The van der Waals surface area contributed by atoms with Gasteiger partial charge in [0.15, 0.2) is 5.67 Å². The van der Waals surface area contributed by atoms with Crippen molar-refractivity contribution in [3.05, 3.63) is 38.9 Å². The lowest BCUT2D eigenvalue weighted by molar-refractivity contribution is 0.0487. The van der Waals surface area contributed by atoms with E-state index in [4.69, 9.17) is 5.11 Å². The van der Waals surface area contributed by atoms with Crippen molar-refractivity contribution in [1.82, 2.24) is 14.9 Å². The Labute approximate surface area is 133 Å². The lowest BCUT2D eigenvalue weighted by atomic mass is 9.92. The summed E-state index contributed by atoms with van der Waals surface area (Å²) in [7, 11) is 0. The maximum atomic E-state index is 15.1. The maximum Gasteiger partial charge on any atom is 0.407 e. The van der Waals surface area contributed by atoms with Crippen LogP contribution in [0.3, 0.4) is 0 Å². The van der Waals surface area contributed by atoms with Crippen LogP contribution in [0.5, 0.6) is 0 Å². The van der Waals surface area contributed by atoms with Gasteiger partial charge in [-0.1, -0.05) is 15.9 Å². The van der Waals surface area contributed by atoms with Crippen molar-refractivity contribution in [1.29, 1.82) is 0 Å². The molecule has 1 saturated heterocycles. The SMILES string of the molecule is O=C(O)N1CCC(F)(c2nc3ccc(Br)cc3c(=O)[nH]2)CC1. The number of likely N-dealkylation sites (tertiary alicyclic amines) is 1. The zero-order chi connectivity index (χ0) is 15.9. The van der Waals surface area contributed by atoms with E-state index in [1.165, 1.54) is 0 Å². The Morgan fingerprint density at radius 2 is 2.09 bits per heavy atom. The lowest BCUT2D eigenvalue weighted by Gasteiger charge is -2.34. The van der Waals surface area contributed by atoms with Crippen LogP contribution < -0.4 is 5.56 Å². The molecule has 1 aromatic heterocycles. The fraction of sp³-hybridized carbons (Fsp3) is 0.357. The maximum absolute atomic E-state index is 15.1. The van der Waals surface area contributed by atoms with Crippen molar-refractivity contribution in [3.8, 4) is 0 Å². The number of H-pyrrole nitrogens is 1. The first-order valence-electron chi connectivity index (χ1n) is 6.76. The molecule has 2 aromatic rings. The molecule has 116 valence electrons. The van der Waals surface area contributed by atoms with E-state index in [1.807, 2.05) is 0 Å². The first-order valence-corrected chi connectivity index (χ1v) is 7.55. The molecule has 2 heterocycles. The highest BCUT2D eigenvalue weighted by molar-refractivity contribution is 9.10. The van der Waals surface area contributed by atoms with E-state index in [0.717, 1.165) is 9.37 Å². The molecule has 1 amide bonds. The molecule has 1 aliphatic heterocycles. The van der Waals surface area contributed by atoms with E-state index in [0.29, 0.717) is 10.9 Å². The number of alkyl halides is 1. The molecule has 1 fully saturated rings. The molecule has 22 heavy (non-hydrogen) atoms. The molecule has 8 heteroatoms. The van der Waals surface area contributed by atoms with Gasteiger partial charge in [-0.3, -0.25) is 4.79 Å². The summed E-state index contributed by atoms with van der Waals surface area (Å²) in [5, 5.41) is 9.30. The van der Waals surface area contributed by atoms with Crippen molar-refractivity contribution >= 4 is 32.9 Å². The molecule has 3 rings (SSSR count). The van der Waals surface area contributed by atoms with Gasteiger partial charge in [-0.15, -0.1) is 0 Å². The van der Waals surface area contributed by atoms with E-state index in [-0.39, 0.29) is 31.8 Å². The van der Waals surface area contributed by atoms with Crippen LogP contribution in [0.25, 0.3) is 10.9 Å². The van der Waals surface area contributed by atoms with Gasteiger partial charge in [0.25, 0.3) is 5.56 Å².